The molecule has 144 valence electrons. The second-order valence-corrected chi connectivity index (χ2v) is 7.12. The number of aliphatic carboxylic acids is 1. The van der Waals surface area contributed by atoms with Crippen molar-refractivity contribution in [1.82, 2.24) is 20.1 Å². The van der Waals surface area contributed by atoms with Gasteiger partial charge in [-0.05, 0) is 39.7 Å². The molecule has 0 fully saturated rings. The highest BCUT2D eigenvalue weighted by molar-refractivity contribution is 7.17. The Morgan fingerprint density at radius 3 is 2.56 bits per heavy atom. The number of hydrogen-bond acceptors (Lipinski definition) is 6. The number of hydrogen-bond donors (Lipinski definition) is 2. The zero-order chi connectivity index (χ0) is 20.3. The van der Waals surface area contributed by atoms with Gasteiger partial charge in [-0.2, -0.15) is 5.10 Å². The summed E-state index contributed by atoms with van der Waals surface area (Å²) in [6, 6.07) is -1.03. The quantitative estimate of drug-likeness (QED) is 0.729. The average molecular weight is 390 g/mol. The van der Waals surface area contributed by atoms with Crippen molar-refractivity contribution >= 4 is 23.2 Å². The number of aryl methyl sites for hydroxylation is 3. The van der Waals surface area contributed by atoms with Crippen molar-refractivity contribution in [2.45, 2.75) is 40.2 Å². The van der Waals surface area contributed by atoms with Crippen LogP contribution >= 0.6 is 11.3 Å². The van der Waals surface area contributed by atoms with Crippen LogP contribution in [0.1, 0.15) is 40.0 Å². The van der Waals surface area contributed by atoms with Crippen LogP contribution in [0.25, 0.3) is 10.6 Å². The van der Waals surface area contributed by atoms with Crippen molar-refractivity contribution in [3.8, 4) is 10.6 Å². The first kappa shape index (κ1) is 20.5. The van der Waals surface area contributed by atoms with Gasteiger partial charge in [0.15, 0.2) is 0 Å². The largest absolute Gasteiger partial charge is 0.480 e. The van der Waals surface area contributed by atoms with Gasteiger partial charge in [0.2, 0.25) is 0 Å². The first-order valence-electron chi connectivity index (χ1n) is 8.34. The maximum atomic E-state index is 12.6. The molecule has 2 heterocycles. The van der Waals surface area contributed by atoms with Crippen LogP contribution in [0.15, 0.2) is 16.9 Å². The van der Waals surface area contributed by atoms with Crippen LogP contribution in [0.4, 0.5) is 0 Å². The zero-order valence-corrected chi connectivity index (χ0v) is 16.7. The summed E-state index contributed by atoms with van der Waals surface area (Å²) in [5, 5.41) is 16.3. The third-order valence-electron chi connectivity index (χ3n) is 4.15. The van der Waals surface area contributed by atoms with Gasteiger partial charge in [0.1, 0.15) is 15.9 Å². The third-order valence-corrected chi connectivity index (χ3v) is 5.33. The predicted octanol–water partition coefficient (Wildman–Crippen LogP) is 1.98. The van der Waals surface area contributed by atoms with E-state index in [1.54, 1.807) is 46.9 Å². The van der Waals surface area contributed by atoms with E-state index < -0.39 is 17.9 Å². The molecule has 0 aromatic carbocycles. The molecule has 2 aromatic heterocycles. The van der Waals surface area contributed by atoms with E-state index in [-0.39, 0.29) is 16.9 Å². The highest BCUT2D eigenvalue weighted by atomic mass is 32.1. The number of nitrogens with one attached hydrogen (secondary N) is 1. The maximum absolute atomic E-state index is 12.6. The van der Waals surface area contributed by atoms with Crippen molar-refractivity contribution in [3.05, 3.63) is 44.3 Å². The van der Waals surface area contributed by atoms with Crippen molar-refractivity contribution in [1.29, 1.82) is 0 Å². The topological polar surface area (TPSA) is 114 Å². The minimum Gasteiger partial charge on any atom is -0.480 e. The number of carbonyl (C=O) groups is 2. The molecule has 0 bridgehead atoms. The third kappa shape index (κ3) is 4.30. The van der Waals surface area contributed by atoms with E-state index in [4.69, 9.17) is 0 Å². The van der Waals surface area contributed by atoms with Gasteiger partial charge in [0.05, 0.1) is 17.0 Å². The number of carbonyl (C=O) groups excluding carboxylic acids is 1. The van der Waals surface area contributed by atoms with Crippen LogP contribution in [-0.2, 0) is 11.8 Å². The van der Waals surface area contributed by atoms with Crippen LogP contribution in [0.3, 0.4) is 0 Å². The minimum absolute atomic E-state index is 0.186. The number of allylic oxidation sites excluding steroid dienone is 1. The van der Waals surface area contributed by atoms with Crippen molar-refractivity contribution in [2.75, 3.05) is 0 Å². The van der Waals surface area contributed by atoms with E-state index >= 15 is 0 Å². The summed E-state index contributed by atoms with van der Waals surface area (Å²) in [5.74, 6) is -1.63. The molecule has 0 saturated carbocycles. The number of carboxylic acid groups (broad SMARTS) is 1. The SMILES string of the molecule is C/C=C/CC(NC(=O)c1sc(-c2c(C)c(C)nn(C)c2=O)nc1C)C(=O)O. The fraction of sp³-hybridized carbons (Fsp3) is 0.389. The van der Waals surface area contributed by atoms with Gasteiger partial charge in [0, 0.05) is 7.05 Å². The van der Waals surface area contributed by atoms with Gasteiger partial charge in [-0.3, -0.25) is 9.59 Å². The Balaban J connectivity index is 2.41. The number of aromatic nitrogens is 3. The molecule has 27 heavy (non-hydrogen) atoms. The number of rotatable bonds is 6. The van der Waals surface area contributed by atoms with Crippen molar-refractivity contribution < 1.29 is 14.7 Å². The maximum Gasteiger partial charge on any atom is 0.326 e. The highest BCUT2D eigenvalue weighted by Gasteiger charge is 2.24. The Morgan fingerprint density at radius 1 is 1.30 bits per heavy atom. The van der Waals surface area contributed by atoms with Crippen LogP contribution in [0.5, 0.6) is 0 Å². The van der Waals surface area contributed by atoms with E-state index in [9.17, 15) is 19.5 Å². The second-order valence-electron chi connectivity index (χ2n) is 6.12. The van der Waals surface area contributed by atoms with Gasteiger partial charge in [0.25, 0.3) is 11.5 Å². The van der Waals surface area contributed by atoms with Gasteiger partial charge in [-0.25, -0.2) is 14.5 Å². The van der Waals surface area contributed by atoms with Crippen LogP contribution < -0.4 is 10.9 Å². The van der Waals surface area contributed by atoms with Crippen LogP contribution in [0.2, 0.25) is 0 Å². The molecule has 0 aliphatic heterocycles. The molecule has 2 rings (SSSR count). The molecule has 1 atom stereocenters. The van der Waals surface area contributed by atoms with E-state index in [0.29, 0.717) is 27.5 Å². The van der Waals surface area contributed by atoms with Crippen molar-refractivity contribution in [2.24, 2.45) is 7.05 Å². The van der Waals surface area contributed by atoms with E-state index in [1.165, 1.54) is 4.68 Å². The smallest absolute Gasteiger partial charge is 0.326 e. The van der Waals surface area contributed by atoms with Gasteiger partial charge in [-0.1, -0.05) is 12.2 Å². The first-order chi connectivity index (χ1) is 12.7. The monoisotopic (exact) mass is 390 g/mol. The van der Waals surface area contributed by atoms with Gasteiger partial charge >= 0.3 is 5.97 Å². The highest BCUT2D eigenvalue weighted by Crippen LogP contribution is 2.28. The number of nitrogens with zero attached hydrogens (tertiary/aromatic N) is 3. The summed E-state index contributed by atoms with van der Waals surface area (Å²) < 4.78 is 1.24. The van der Waals surface area contributed by atoms with E-state index in [0.717, 1.165) is 11.3 Å². The number of amides is 1. The van der Waals surface area contributed by atoms with Crippen LogP contribution in [0, 0.1) is 20.8 Å². The Hall–Kier alpha value is -2.81. The second kappa shape index (κ2) is 8.26. The number of thiazole rings is 1. The lowest BCUT2D eigenvalue weighted by atomic mass is 10.1. The summed E-state index contributed by atoms with van der Waals surface area (Å²) >= 11 is 1.07. The lowest BCUT2D eigenvalue weighted by Gasteiger charge is -2.11. The standard InChI is InChI=1S/C18H22N4O4S/c1-6-7-8-12(18(25)26)20-15(23)14-11(4)19-16(27-14)13-9(2)10(3)21-22(5)17(13)24/h6-7,12H,8H2,1-5H3,(H,20,23)(H,25,26)/b7-6+. The molecule has 0 aliphatic carbocycles. The molecule has 0 aliphatic rings. The van der Waals surface area contributed by atoms with E-state index in [1.807, 2.05) is 0 Å². The summed E-state index contributed by atoms with van der Waals surface area (Å²) in [6.07, 6.45) is 3.59. The first-order valence-corrected chi connectivity index (χ1v) is 9.16. The predicted molar refractivity (Wildman–Crippen MR) is 103 cm³/mol. The molecule has 2 aromatic rings. The van der Waals surface area contributed by atoms with Gasteiger partial charge in [-0.15, -0.1) is 11.3 Å². The average Bonchev–Trinajstić information content (AvgIpc) is 2.98. The fourth-order valence-corrected chi connectivity index (χ4v) is 3.60. The fourth-order valence-electron chi connectivity index (χ4n) is 2.53. The molecule has 9 heteroatoms. The lowest BCUT2D eigenvalue weighted by molar-refractivity contribution is -0.139. The summed E-state index contributed by atoms with van der Waals surface area (Å²) in [6.45, 7) is 7.02. The molecule has 2 N–H and O–H groups in total. The molecule has 0 radical (unpaired) electrons. The Labute approximate surface area is 160 Å². The summed E-state index contributed by atoms with van der Waals surface area (Å²) in [4.78, 5) is 41.1. The molecule has 8 nitrogen and oxygen atoms in total. The molecular formula is C18H22N4O4S. The normalized spacial score (nSPS) is 12.3. The zero-order valence-electron chi connectivity index (χ0n) is 15.9. The Kier molecular flexibility index (Phi) is 6.27. The minimum atomic E-state index is -1.11. The van der Waals surface area contributed by atoms with Gasteiger partial charge < -0.3 is 10.4 Å². The molecule has 0 spiro atoms. The van der Waals surface area contributed by atoms with E-state index in [2.05, 4.69) is 15.4 Å². The van der Waals surface area contributed by atoms with Crippen LogP contribution in [-0.4, -0.2) is 37.8 Å². The Morgan fingerprint density at radius 2 is 1.96 bits per heavy atom. The molecule has 1 unspecified atom stereocenters. The van der Waals surface area contributed by atoms with Crippen molar-refractivity contribution in [3.63, 3.8) is 0 Å². The lowest BCUT2D eigenvalue weighted by Crippen LogP contribution is -2.40. The molecular weight excluding hydrogens is 368 g/mol. The molecule has 0 saturated heterocycles. The summed E-state index contributed by atoms with van der Waals surface area (Å²) in [5.41, 5.74) is 1.95. The Bertz CT molecular complexity index is 974. The molecule has 1 amide bonds. The number of carboxylic acids is 1. The summed E-state index contributed by atoms with van der Waals surface area (Å²) in [7, 11) is 1.56.